The van der Waals surface area contributed by atoms with Crippen LogP contribution in [0.2, 0.25) is 0 Å². The quantitative estimate of drug-likeness (QED) is 0.910. The molecule has 0 spiro atoms. The number of carbonyl (C=O) groups is 1. The molecule has 1 fully saturated rings. The highest BCUT2D eigenvalue weighted by molar-refractivity contribution is 5.97. The predicted molar refractivity (Wildman–Crippen MR) is 94.6 cm³/mol. The van der Waals surface area contributed by atoms with Gasteiger partial charge in [-0.2, -0.15) is 5.26 Å². The van der Waals surface area contributed by atoms with E-state index in [-0.39, 0.29) is 11.7 Å². The molecule has 3 rings (SSSR count). The lowest BCUT2D eigenvalue weighted by molar-refractivity contribution is 0.0743. The number of aromatic nitrogens is 1. The average molecular weight is 336 g/mol. The summed E-state index contributed by atoms with van der Waals surface area (Å²) in [5.41, 5.74) is 2.57. The monoisotopic (exact) mass is 336 g/mol. The molecule has 1 saturated heterocycles. The van der Waals surface area contributed by atoms with Crippen molar-refractivity contribution < 1.29 is 9.90 Å². The number of anilines is 1. The summed E-state index contributed by atoms with van der Waals surface area (Å²) in [6.45, 7) is 5.96. The fourth-order valence-corrected chi connectivity index (χ4v) is 3.00. The Labute approximate surface area is 146 Å². The minimum atomic E-state index is -0.165. The largest absolute Gasteiger partial charge is 0.507 e. The van der Waals surface area contributed by atoms with Gasteiger partial charge in [0.25, 0.3) is 5.91 Å². The Morgan fingerprint density at radius 2 is 1.92 bits per heavy atom. The summed E-state index contributed by atoms with van der Waals surface area (Å²) in [6.07, 6.45) is 1.67. The minimum absolute atomic E-state index is 0.0592. The molecule has 0 aliphatic carbocycles. The van der Waals surface area contributed by atoms with Crippen LogP contribution in [0.15, 0.2) is 30.5 Å². The Balaban J connectivity index is 1.74. The Morgan fingerprint density at radius 1 is 1.20 bits per heavy atom. The molecule has 0 saturated carbocycles. The third kappa shape index (κ3) is 3.13. The number of hydrogen-bond acceptors (Lipinski definition) is 5. The Bertz CT molecular complexity index is 849. The number of nitriles is 1. The van der Waals surface area contributed by atoms with Crippen LogP contribution < -0.4 is 4.90 Å². The van der Waals surface area contributed by atoms with Crippen LogP contribution in [-0.4, -0.2) is 47.1 Å². The standard InChI is InChI=1S/C19H20N4O2/c1-13-5-6-16(17(24)14(13)2)19(25)23-10-8-22(9-11-23)18-15(12-20)4-3-7-21-18/h3-7,24H,8-11H2,1-2H3. The molecular weight excluding hydrogens is 316 g/mol. The van der Waals surface area contributed by atoms with Gasteiger partial charge in [-0.25, -0.2) is 4.98 Å². The predicted octanol–water partition coefficient (Wildman–Crippen LogP) is 2.24. The highest BCUT2D eigenvalue weighted by Gasteiger charge is 2.26. The Kier molecular flexibility index (Phi) is 4.57. The molecule has 1 aromatic carbocycles. The lowest BCUT2D eigenvalue weighted by atomic mass is 10.0. The van der Waals surface area contributed by atoms with E-state index in [4.69, 9.17) is 0 Å². The molecule has 0 radical (unpaired) electrons. The molecule has 1 aliphatic rings. The molecule has 1 aliphatic heterocycles. The molecule has 0 bridgehead atoms. The van der Waals surface area contributed by atoms with E-state index in [1.54, 1.807) is 29.3 Å². The van der Waals surface area contributed by atoms with Gasteiger partial charge in [0.05, 0.1) is 11.1 Å². The molecule has 25 heavy (non-hydrogen) atoms. The van der Waals surface area contributed by atoms with E-state index in [0.717, 1.165) is 11.1 Å². The lowest BCUT2D eigenvalue weighted by Gasteiger charge is -2.35. The maximum Gasteiger partial charge on any atom is 0.257 e. The van der Waals surface area contributed by atoms with Crippen LogP contribution in [0.1, 0.15) is 27.0 Å². The number of phenols is 1. The second-order valence-electron chi connectivity index (χ2n) is 6.17. The number of aryl methyl sites for hydroxylation is 1. The highest BCUT2D eigenvalue weighted by atomic mass is 16.3. The first kappa shape index (κ1) is 16.8. The summed E-state index contributed by atoms with van der Waals surface area (Å²) < 4.78 is 0. The van der Waals surface area contributed by atoms with Crippen LogP contribution in [0.5, 0.6) is 5.75 Å². The van der Waals surface area contributed by atoms with Crippen molar-refractivity contribution in [2.75, 3.05) is 31.1 Å². The molecule has 2 heterocycles. The van der Waals surface area contributed by atoms with Gasteiger partial charge in [-0.05, 0) is 43.2 Å². The van der Waals surface area contributed by atoms with E-state index in [9.17, 15) is 15.2 Å². The first-order valence-corrected chi connectivity index (χ1v) is 8.21. The first-order valence-electron chi connectivity index (χ1n) is 8.21. The van der Waals surface area contributed by atoms with Crippen molar-refractivity contribution in [3.63, 3.8) is 0 Å². The number of amides is 1. The van der Waals surface area contributed by atoms with Crippen LogP contribution >= 0.6 is 0 Å². The summed E-state index contributed by atoms with van der Waals surface area (Å²) in [5, 5.41) is 19.5. The zero-order valence-electron chi connectivity index (χ0n) is 14.4. The molecule has 6 nitrogen and oxygen atoms in total. The molecular formula is C19H20N4O2. The number of nitrogens with zero attached hydrogens (tertiary/aromatic N) is 4. The van der Waals surface area contributed by atoms with E-state index in [1.807, 2.05) is 24.8 Å². The summed E-state index contributed by atoms with van der Waals surface area (Å²) >= 11 is 0. The summed E-state index contributed by atoms with van der Waals surface area (Å²) in [6, 6.07) is 9.17. The zero-order chi connectivity index (χ0) is 18.0. The minimum Gasteiger partial charge on any atom is -0.507 e. The van der Waals surface area contributed by atoms with E-state index in [2.05, 4.69) is 11.1 Å². The second kappa shape index (κ2) is 6.81. The van der Waals surface area contributed by atoms with Crippen LogP contribution in [0, 0.1) is 25.2 Å². The van der Waals surface area contributed by atoms with Crippen LogP contribution in [0.4, 0.5) is 5.82 Å². The van der Waals surface area contributed by atoms with Crippen LogP contribution in [-0.2, 0) is 0 Å². The van der Waals surface area contributed by atoms with Crippen molar-refractivity contribution in [3.05, 3.63) is 52.7 Å². The molecule has 1 aromatic heterocycles. The third-order valence-electron chi connectivity index (χ3n) is 4.71. The van der Waals surface area contributed by atoms with Gasteiger partial charge in [-0.1, -0.05) is 6.07 Å². The van der Waals surface area contributed by atoms with E-state index < -0.39 is 0 Å². The second-order valence-corrected chi connectivity index (χ2v) is 6.17. The van der Waals surface area contributed by atoms with Gasteiger partial charge in [-0.3, -0.25) is 4.79 Å². The van der Waals surface area contributed by atoms with Crippen LogP contribution in [0.25, 0.3) is 0 Å². The van der Waals surface area contributed by atoms with E-state index in [1.165, 1.54) is 0 Å². The maximum atomic E-state index is 12.7. The summed E-state index contributed by atoms with van der Waals surface area (Å²) in [5.74, 6) is 0.553. The number of phenolic OH excluding ortho intramolecular Hbond substituents is 1. The number of hydrogen-bond donors (Lipinski definition) is 1. The Morgan fingerprint density at radius 3 is 2.60 bits per heavy atom. The molecule has 128 valence electrons. The smallest absolute Gasteiger partial charge is 0.257 e. The molecule has 6 heteroatoms. The lowest BCUT2D eigenvalue weighted by Crippen LogP contribution is -2.49. The number of piperazine rings is 1. The van der Waals surface area contributed by atoms with Crippen molar-refractivity contribution in [1.29, 1.82) is 5.26 Å². The van der Waals surface area contributed by atoms with E-state index in [0.29, 0.717) is 43.1 Å². The van der Waals surface area contributed by atoms with Crippen molar-refractivity contribution in [2.24, 2.45) is 0 Å². The van der Waals surface area contributed by atoms with Crippen molar-refractivity contribution >= 4 is 11.7 Å². The SMILES string of the molecule is Cc1ccc(C(=O)N2CCN(c3ncccc3C#N)CC2)c(O)c1C. The molecule has 1 amide bonds. The van der Waals surface area contributed by atoms with Gasteiger partial charge in [-0.15, -0.1) is 0 Å². The van der Waals surface area contributed by atoms with Gasteiger partial charge in [0.2, 0.25) is 0 Å². The number of pyridine rings is 1. The fraction of sp³-hybridized carbons (Fsp3) is 0.316. The molecule has 0 unspecified atom stereocenters. The highest BCUT2D eigenvalue weighted by Crippen LogP contribution is 2.27. The zero-order valence-corrected chi connectivity index (χ0v) is 14.4. The average Bonchev–Trinajstić information content (AvgIpc) is 2.66. The topological polar surface area (TPSA) is 80.5 Å². The number of aromatic hydroxyl groups is 1. The molecule has 2 aromatic rings. The van der Waals surface area contributed by atoms with E-state index >= 15 is 0 Å². The van der Waals surface area contributed by atoms with Crippen molar-refractivity contribution in [1.82, 2.24) is 9.88 Å². The Hall–Kier alpha value is -3.07. The van der Waals surface area contributed by atoms with Gasteiger partial charge in [0, 0.05) is 32.4 Å². The van der Waals surface area contributed by atoms with Crippen molar-refractivity contribution in [3.8, 4) is 11.8 Å². The van der Waals surface area contributed by atoms with Gasteiger partial charge < -0.3 is 14.9 Å². The fourth-order valence-electron chi connectivity index (χ4n) is 3.00. The first-order chi connectivity index (χ1) is 12.0. The summed E-state index contributed by atoms with van der Waals surface area (Å²) in [4.78, 5) is 20.8. The number of benzene rings is 1. The van der Waals surface area contributed by atoms with Gasteiger partial charge in [0.1, 0.15) is 17.6 Å². The number of carbonyl (C=O) groups excluding carboxylic acids is 1. The van der Waals surface area contributed by atoms with Gasteiger partial charge >= 0.3 is 0 Å². The van der Waals surface area contributed by atoms with Crippen molar-refractivity contribution in [2.45, 2.75) is 13.8 Å². The third-order valence-corrected chi connectivity index (χ3v) is 4.71. The number of rotatable bonds is 2. The summed E-state index contributed by atoms with van der Waals surface area (Å²) in [7, 11) is 0. The normalized spacial score (nSPS) is 14.3. The van der Waals surface area contributed by atoms with Gasteiger partial charge in [0.15, 0.2) is 0 Å². The van der Waals surface area contributed by atoms with Crippen LogP contribution in [0.3, 0.4) is 0 Å². The maximum absolute atomic E-state index is 12.7. The molecule has 1 N–H and O–H groups in total. The molecule has 0 atom stereocenters.